The van der Waals surface area contributed by atoms with Crippen molar-refractivity contribution in [3.8, 4) is 0 Å². The lowest BCUT2D eigenvalue weighted by Gasteiger charge is -2.29. The lowest BCUT2D eigenvalue weighted by Crippen LogP contribution is -2.40. The molecule has 1 fully saturated rings. The van der Waals surface area contributed by atoms with Crippen LogP contribution in [0.4, 0.5) is 0 Å². The molecule has 0 spiro atoms. The fourth-order valence-electron chi connectivity index (χ4n) is 2.87. The van der Waals surface area contributed by atoms with Crippen LogP contribution in [0, 0.1) is 5.92 Å². The molecule has 1 aliphatic carbocycles. The van der Waals surface area contributed by atoms with E-state index >= 15 is 0 Å². The molecule has 1 aromatic rings. The van der Waals surface area contributed by atoms with E-state index in [4.69, 9.17) is 5.73 Å². The van der Waals surface area contributed by atoms with Crippen LogP contribution >= 0.6 is 11.3 Å². The van der Waals surface area contributed by atoms with Crippen LogP contribution < -0.4 is 11.1 Å². The molecule has 2 rings (SSSR count). The first-order valence-electron chi connectivity index (χ1n) is 7.55. The molecule has 4 heteroatoms. The van der Waals surface area contributed by atoms with Crippen molar-refractivity contribution < 1.29 is 4.79 Å². The number of carbonyl (C=O) groups excluding carboxylic acids is 1. The van der Waals surface area contributed by atoms with Gasteiger partial charge in [0.15, 0.2) is 0 Å². The SMILES string of the molecule is CC(C)(CNC(=O)CC1CCCCC1N)c1cccs1. The highest BCUT2D eigenvalue weighted by atomic mass is 32.1. The van der Waals surface area contributed by atoms with Crippen LogP contribution in [-0.2, 0) is 10.2 Å². The average molecular weight is 294 g/mol. The molecule has 0 aromatic carbocycles. The summed E-state index contributed by atoms with van der Waals surface area (Å²) >= 11 is 1.75. The minimum atomic E-state index is -0.00148. The van der Waals surface area contributed by atoms with E-state index in [0.717, 1.165) is 12.8 Å². The lowest BCUT2D eigenvalue weighted by atomic mass is 9.82. The maximum absolute atomic E-state index is 12.1. The minimum absolute atomic E-state index is 0.00148. The zero-order valence-corrected chi connectivity index (χ0v) is 13.3. The van der Waals surface area contributed by atoms with Gasteiger partial charge in [0.05, 0.1) is 0 Å². The first-order valence-corrected chi connectivity index (χ1v) is 8.43. The van der Waals surface area contributed by atoms with Crippen LogP contribution in [0.25, 0.3) is 0 Å². The first kappa shape index (κ1) is 15.5. The number of nitrogens with two attached hydrogens (primary N) is 1. The van der Waals surface area contributed by atoms with Gasteiger partial charge in [-0.05, 0) is 30.2 Å². The van der Waals surface area contributed by atoms with E-state index in [0.29, 0.717) is 18.9 Å². The van der Waals surface area contributed by atoms with Crippen molar-refractivity contribution in [1.82, 2.24) is 5.32 Å². The third-order valence-corrected chi connectivity index (χ3v) is 5.57. The lowest BCUT2D eigenvalue weighted by molar-refractivity contribution is -0.122. The van der Waals surface area contributed by atoms with E-state index < -0.39 is 0 Å². The number of hydrogen-bond acceptors (Lipinski definition) is 3. The van der Waals surface area contributed by atoms with Gasteiger partial charge in [0.1, 0.15) is 0 Å². The molecule has 0 aliphatic heterocycles. The number of carbonyl (C=O) groups is 1. The van der Waals surface area contributed by atoms with E-state index in [2.05, 4.69) is 36.7 Å². The summed E-state index contributed by atoms with van der Waals surface area (Å²) < 4.78 is 0. The van der Waals surface area contributed by atoms with E-state index in [1.54, 1.807) is 11.3 Å². The molecule has 2 atom stereocenters. The predicted octanol–water partition coefficient (Wildman–Crippen LogP) is 3.05. The molecule has 0 bridgehead atoms. The highest BCUT2D eigenvalue weighted by molar-refractivity contribution is 7.10. The largest absolute Gasteiger partial charge is 0.355 e. The second-order valence-electron chi connectivity index (χ2n) is 6.55. The maximum atomic E-state index is 12.1. The van der Waals surface area contributed by atoms with Crippen LogP contribution in [0.1, 0.15) is 50.8 Å². The Kier molecular flexibility index (Phi) is 5.22. The third kappa shape index (κ3) is 4.06. The summed E-state index contributed by atoms with van der Waals surface area (Å²) in [5, 5.41) is 5.17. The van der Waals surface area contributed by atoms with Gasteiger partial charge in [0.2, 0.25) is 5.91 Å². The van der Waals surface area contributed by atoms with E-state index in [9.17, 15) is 4.79 Å². The molecule has 1 amide bonds. The number of nitrogens with one attached hydrogen (secondary N) is 1. The number of rotatable bonds is 5. The van der Waals surface area contributed by atoms with Crippen LogP contribution in [0.2, 0.25) is 0 Å². The van der Waals surface area contributed by atoms with E-state index in [1.807, 2.05) is 0 Å². The summed E-state index contributed by atoms with van der Waals surface area (Å²) in [6.45, 7) is 5.03. The Morgan fingerprint density at radius 1 is 1.45 bits per heavy atom. The highest BCUT2D eigenvalue weighted by Crippen LogP contribution is 2.28. The molecule has 0 saturated heterocycles. The Hall–Kier alpha value is -0.870. The van der Waals surface area contributed by atoms with Crippen LogP contribution in [0.3, 0.4) is 0 Å². The van der Waals surface area contributed by atoms with E-state index in [1.165, 1.54) is 17.7 Å². The Labute approximate surface area is 125 Å². The van der Waals surface area contributed by atoms with Gasteiger partial charge in [-0.15, -0.1) is 11.3 Å². The summed E-state index contributed by atoms with van der Waals surface area (Å²) in [5.74, 6) is 0.519. The Balaban J connectivity index is 1.80. The maximum Gasteiger partial charge on any atom is 0.220 e. The molecule has 20 heavy (non-hydrogen) atoms. The summed E-state index contributed by atoms with van der Waals surface area (Å²) in [7, 11) is 0. The summed E-state index contributed by atoms with van der Waals surface area (Å²) in [6.07, 6.45) is 5.18. The second kappa shape index (κ2) is 6.72. The van der Waals surface area contributed by atoms with Crippen molar-refractivity contribution >= 4 is 17.2 Å². The van der Waals surface area contributed by atoms with Crippen molar-refractivity contribution in [2.24, 2.45) is 11.7 Å². The highest BCUT2D eigenvalue weighted by Gasteiger charge is 2.26. The van der Waals surface area contributed by atoms with Gasteiger partial charge in [-0.2, -0.15) is 0 Å². The van der Waals surface area contributed by atoms with Crippen molar-refractivity contribution in [3.63, 3.8) is 0 Å². The van der Waals surface area contributed by atoms with Crippen molar-refractivity contribution in [2.45, 2.75) is 57.4 Å². The average Bonchev–Trinajstić information content (AvgIpc) is 2.94. The monoisotopic (exact) mass is 294 g/mol. The van der Waals surface area contributed by atoms with Crippen LogP contribution in [0.5, 0.6) is 0 Å². The van der Waals surface area contributed by atoms with Gasteiger partial charge in [0, 0.05) is 29.3 Å². The van der Waals surface area contributed by atoms with Gasteiger partial charge in [-0.3, -0.25) is 4.79 Å². The molecule has 1 heterocycles. The second-order valence-corrected chi connectivity index (χ2v) is 7.50. The van der Waals surface area contributed by atoms with Crippen LogP contribution in [0.15, 0.2) is 17.5 Å². The summed E-state index contributed by atoms with van der Waals surface area (Å²) in [6, 6.07) is 4.40. The molecule has 3 N–H and O–H groups in total. The topological polar surface area (TPSA) is 55.1 Å². The predicted molar refractivity (Wildman–Crippen MR) is 84.9 cm³/mol. The zero-order valence-electron chi connectivity index (χ0n) is 12.5. The number of thiophene rings is 1. The third-order valence-electron chi connectivity index (χ3n) is 4.33. The molecular weight excluding hydrogens is 268 g/mol. The van der Waals surface area contributed by atoms with Crippen LogP contribution in [-0.4, -0.2) is 18.5 Å². The molecule has 0 radical (unpaired) electrons. The van der Waals surface area contributed by atoms with E-state index in [-0.39, 0.29) is 17.4 Å². The normalized spacial score (nSPS) is 23.6. The quantitative estimate of drug-likeness (QED) is 0.877. The number of hydrogen-bond donors (Lipinski definition) is 2. The van der Waals surface area contributed by atoms with Gasteiger partial charge >= 0.3 is 0 Å². The fourth-order valence-corrected chi connectivity index (χ4v) is 3.72. The van der Waals surface area contributed by atoms with Crippen molar-refractivity contribution in [1.29, 1.82) is 0 Å². The fraction of sp³-hybridized carbons (Fsp3) is 0.688. The molecule has 112 valence electrons. The van der Waals surface area contributed by atoms with Crippen molar-refractivity contribution in [2.75, 3.05) is 6.54 Å². The number of amides is 1. The summed E-state index contributed by atoms with van der Waals surface area (Å²) in [5.41, 5.74) is 6.11. The van der Waals surface area contributed by atoms with Gasteiger partial charge in [-0.1, -0.05) is 32.8 Å². The molecular formula is C16H26N2OS. The van der Waals surface area contributed by atoms with Crippen molar-refractivity contribution in [3.05, 3.63) is 22.4 Å². The Bertz CT molecular complexity index is 428. The summed E-state index contributed by atoms with van der Waals surface area (Å²) in [4.78, 5) is 13.4. The smallest absolute Gasteiger partial charge is 0.220 e. The van der Waals surface area contributed by atoms with Gasteiger partial charge in [0.25, 0.3) is 0 Å². The minimum Gasteiger partial charge on any atom is -0.355 e. The Morgan fingerprint density at radius 2 is 2.20 bits per heavy atom. The molecule has 3 nitrogen and oxygen atoms in total. The van der Waals surface area contributed by atoms with Gasteiger partial charge < -0.3 is 11.1 Å². The standard InChI is InChI=1S/C16H26N2OS/c1-16(2,14-8-5-9-20-14)11-18-15(19)10-12-6-3-4-7-13(12)17/h5,8-9,12-13H,3-4,6-7,10-11,17H2,1-2H3,(H,18,19). The first-order chi connectivity index (χ1) is 9.49. The van der Waals surface area contributed by atoms with Gasteiger partial charge in [-0.25, -0.2) is 0 Å². The molecule has 1 saturated carbocycles. The molecule has 2 unspecified atom stereocenters. The zero-order chi connectivity index (χ0) is 14.6. The molecule has 1 aromatic heterocycles. The molecule has 1 aliphatic rings. The Morgan fingerprint density at radius 3 is 2.85 bits per heavy atom.